The monoisotopic (exact) mass is 400 g/mol. The molecule has 0 radical (unpaired) electrons. The average Bonchev–Trinajstić information content (AvgIpc) is 3.21. The molecule has 4 N–H and O–H groups in total. The maximum atomic E-state index is 12.6. The first-order valence-corrected chi connectivity index (χ1v) is 9.24. The summed E-state index contributed by atoms with van der Waals surface area (Å²) in [6.07, 6.45) is 8.29. The second-order valence-corrected chi connectivity index (χ2v) is 6.62. The molecule has 30 heavy (non-hydrogen) atoms. The van der Waals surface area contributed by atoms with Gasteiger partial charge in [-0.05, 0) is 29.8 Å². The highest BCUT2D eigenvalue weighted by Gasteiger charge is 2.12. The van der Waals surface area contributed by atoms with Crippen LogP contribution in [0.3, 0.4) is 0 Å². The van der Waals surface area contributed by atoms with Gasteiger partial charge < -0.3 is 16.4 Å². The van der Waals surface area contributed by atoms with E-state index < -0.39 is 5.91 Å². The highest BCUT2D eigenvalue weighted by atomic mass is 16.1. The quantitative estimate of drug-likeness (QED) is 0.425. The van der Waals surface area contributed by atoms with E-state index in [1.54, 1.807) is 29.2 Å². The molecule has 3 aromatic heterocycles. The molecule has 0 saturated heterocycles. The molecule has 0 aliphatic rings. The van der Waals surface area contributed by atoms with E-state index in [1.807, 2.05) is 37.5 Å². The van der Waals surface area contributed by atoms with Crippen molar-refractivity contribution in [3.8, 4) is 11.1 Å². The number of rotatable bonds is 6. The topological polar surface area (TPSA) is 124 Å². The molecule has 0 fully saturated rings. The predicted molar refractivity (Wildman–Crippen MR) is 115 cm³/mol. The van der Waals surface area contributed by atoms with Gasteiger partial charge in [-0.2, -0.15) is 5.10 Å². The lowest BCUT2D eigenvalue weighted by Crippen LogP contribution is -2.15. The second kappa shape index (κ2) is 8.39. The molecule has 4 rings (SSSR count). The number of carbonyl (C=O) groups excluding carboxylic acids is 1. The van der Waals surface area contributed by atoms with Crippen LogP contribution in [0, 0.1) is 0 Å². The zero-order chi connectivity index (χ0) is 20.9. The third-order valence-corrected chi connectivity index (χ3v) is 4.40. The Hall–Kier alpha value is -4.27. The van der Waals surface area contributed by atoms with Crippen molar-refractivity contribution in [2.45, 2.75) is 6.54 Å². The minimum atomic E-state index is -0.395. The Morgan fingerprint density at radius 1 is 1.07 bits per heavy atom. The first-order chi connectivity index (χ1) is 14.6. The molecular weight excluding hydrogens is 380 g/mol. The number of amides is 1. The van der Waals surface area contributed by atoms with Crippen LogP contribution in [0.1, 0.15) is 16.2 Å². The van der Waals surface area contributed by atoms with E-state index in [0.717, 1.165) is 16.8 Å². The fraction of sp³-hybridized carbons (Fsp3) is 0.0952. The standard InChI is InChI=1S/C21H20N8O/c1-29-13-15(9-27-29)14-5-6-17(22)18(8-14)28-21(30)19-11-26-20(12-24-19)25-10-16-4-2-3-7-23-16/h2-9,11-13H,10,22H2,1H3,(H,25,26)(H,28,30). The van der Waals surface area contributed by atoms with Crippen molar-refractivity contribution in [2.24, 2.45) is 7.05 Å². The van der Waals surface area contributed by atoms with Crippen LogP contribution in [-0.4, -0.2) is 30.6 Å². The van der Waals surface area contributed by atoms with Gasteiger partial charge in [-0.3, -0.25) is 14.5 Å². The number of nitrogen functional groups attached to an aromatic ring is 1. The predicted octanol–water partition coefficient (Wildman–Crippen LogP) is 2.72. The fourth-order valence-electron chi connectivity index (χ4n) is 2.82. The third kappa shape index (κ3) is 4.41. The number of nitrogens with zero attached hydrogens (tertiary/aromatic N) is 5. The van der Waals surface area contributed by atoms with Gasteiger partial charge in [-0.15, -0.1) is 0 Å². The molecule has 3 heterocycles. The molecule has 0 aliphatic carbocycles. The number of aryl methyl sites for hydroxylation is 1. The maximum absolute atomic E-state index is 12.6. The lowest BCUT2D eigenvalue weighted by atomic mass is 10.1. The van der Waals surface area contributed by atoms with E-state index in [1.165, 1.54) is 12.4 Å². The molecule has 0 atom stereocenters. The first kappa shape index (κ1) is 19.1. The van der Waals surface area contributed by atoms with Crippen molar-refractivity contribution in [2.75, 3.05) is 16.4 Å². The van der Waals surface area contributed by atoms with Gasteiger partial charge in [-0.25, -0.2) is 9.97 Å². The molecule has 0 spiro atoms. The number of anilines is 3. The minimum Gasteiger partial charge on any atom is -0.397 e. The largest absolute Gasteiger partial charge is 0.397 e. The van der Waals surface area contributed by atoms with Crippen molar-refractivity contribution < 1.29 is 4.79 Å². The van der Waals surface area contributed by atoms with Gasteiger partial charge in [0.1, 0.15) is 11.5 Å². The molecule has 150 valence electrons. The van der Waals surface area contributed by atoms with E-state index in [4.69, 9.17) is 5.73 Å². The van der Waals surface area contributed by atoms with Gasteiger partial charge in [-0.1, -0.05) is 12.1 Å². The molecule has 0 unspecified atom stereocenters. The summed E-state index contributed by atoms with van der Waals surface area (Å²) in [5.74, 6) is 0.157. The van der Waals surface area contributed by atoms with Crippen LogP contribution in [0.2, 0.25) is 0 Å². The SMILES string of the molecule is Cn1cc(-c2ccc(N)c(NC(=O)c3cnc(NCc4ccccn4)cn3)c2)cn1. The number of hydrogen-bond acceptors (Lipinski definition) is 7. The summed E-state index contributed by atoms with van der Waals surface area (Å²) < 4.78 is 1.71. The van der Waals surface area contributed by atoms with E-state index >= 15 is 0 Å². The Balaban J connectivity index is 1.43. The highest BCUT2D eigenvalue weighted by Crippen LogP contribution is 2.27. The zero-order valence-electron chi connectivity index (χ0n) is 16.3. The number of hydrogen-bond donors (Lipinski definition) is 3. The first-order valence-electron chi connectivity index (χ1n) is 9.24. The number of pyridine rings is 1. The number of carbonyl (C=O) groups is 1. The van der Waals surface area contributed by atoms with Crippen LogP contribution in [0.4, 0.5) is 17.2 Å². The van der Waals surface area contributed by atoms with Crippen LogP contribution >= 0.6 is 0 Å². The number of benzene rings is 1. The van der Waals surface area contributed by atoms with Crippen LogP contribution in [0.5, 0.6) is 0 Å². The Bertz CT molecular complexity index is 1160. The van der Waals surface area contributed by atoms with Crippen molar-refractivity contribution >= 4 is 23.1 Å². The van der Waals surface area contributed by atoms with Gasteiger partial charge in [0.15, 0.2) is 0 Å². The van der Waals surface area contributed by atoms with E-state index in [-0.39, 0.29) is 5.69 Å². The van der Waals surface area contributed by atoms with Crippen LogP contribution in [-0.2, 0) is 13.6 Å². The summed E-state index contributed by atoms with van der Waals surface area (Å²) in [6.45, 7) is 0.513. The number of nitrogens with one attached hydrogen (secondary N) is 2. The Morgan fingerprint density at radius 3 is 2.67 bits per heavy atom. The van der Waals surface area contributed by atoms with Crippen molar-refractivity contribution in [3.63, 3.8) is 0 Å². The summed E-state index contributed by atoms with van der Waals surface area (Å²) in [6, 6.07) is 11.1. The van der Waals surface area contributed by atoms with Crippen LogP contribution < -0.4 is 16.4 Å². The highest BCUT2D eigenvalue weighted by molar-refractivity contribution is 6.04. The van der Waals surface area contributed by atoms with Gasteiger partial charge >= 0.3 is 0 Å². The Kier molecular flexibility index (Phi) is 5.33. The Morgan fingerprint density at radius 2 is 1.97 bits per heavy atom. The summed E-state index contributed by atoms with van der Waals surface area (Å²) in [4.78, 5) is 25.3. The summed E-state index contributed by atoms with van der Waals surface area (Å²) in [5.41, 5.74) is 9.87. The summed E-state index contributed by atoms with van der Waals surface area (Å²) >= 11 is 0. The number of nitrogens with two attached hydrogens (primary N) is 1. The van der Waals surface area contributed by atoms with Gasteiger partial charge in [0.05, 0.1) is 42.2 Å². The zero-order valence-corrected chi connectivity index (χ0v) is 16.3. The average molecular weight is 400 g/mol. The molecule has 1 amide bonds. The molecule has 4 aromatic rings. The third-order valence-electron chi connectivity index (χ3n) is 4.40. The minimum absolute atomic E-state index is 0.185. The van der Waals surface area contributed by atoms with E-state index in [2.05, 4.69) is 30.7 Å². The van der Waals surface area contributed by atoms with Crippen molar-refractivity contribution in [1.29, 1.82) is 0 Å². The van der Waals surface area contributed by atoms with Crippen molar-refractivity contribution in [1.82, 2.24) is 24.7 Å². The molecule has 9 nitrogen and oxygen atoms in total. The molecule has 0 bridgehead atoms. The summed E-state index contributed by atoms with van der Waals surface area (Å²) in [7, 11) is 1.84. The maximum Gasteiger partial charge on any atom is 0.275 e. The Labute approximate surface area is 173 Å². The number of aromatic nitrogens is 5. The van der Waals surface area contributed by atoms with Gasteiger partial charge in [0.2, 0.25) is 0 Å². The molecule has 0 saturated carbocycles. The van der Waals surface area contributed by atoms with Crippen molar-refractivity contribution in [3.05, 3.63) is 78.8 Å². The molecule has 1 aromatic carbocycles. The van der Waals surface area contributed by atoms with Gasteiger partial charge in [0.25, 0.3) is 5.91 Å². The molecule has 0 aliphatic heterocycles. The summed E-state index contributed by atoms with van der Waals surface area (Å²) in [5, 5.41) is 10.1. The fourth-order valence-corrected chi connectivity index (χ4v) is 2.82. The van der Waals surface area contributed by atoms with E-state index in [0.29, 0.717) is 23.7 Å². The molecular formula is C21H20N8O. The normalized spacial score (nSPS) is 10.6. The van der Waals surface area contributed by atoms with E-state index in [9.17, 15) is 4.79 Å². The van der Waals surface area contributed by atoms with Crippen LogP contribution in [0.15, 0.2) is 67.4 Å². The van der Waals surface area contributed by atoms with Crippen LogP contribution in [0.25, 0.3) is 11.1 Å². The lowest BCUT2D eigenvalue weighted by molar-refractivity contribution is 0.102. The molecule has 9 heteroatoms. The smallest absolute Gasteiger partial charge is 0.275 e. The van der Waals surface area contributed by atoms with Gasteiger partial charge in [0, 0.05) is 25.0 Å². The lowest BCUT2D eigenvalue weighted by Gasteiger charge is -2.10. The second-order valence-electron chi connectivity index (χ2n) is 6.62.